The van der Waals surface area contributed by atoms with Crippen LogP contribution in [0.15, 0.2) is 0 Å². The Labute approximate surface area is 119 Å². The number of hydrogen-bond donors (Lipinski definition) is 0. The van der Waals surface area contributed by atoms with Gasteiger partial charge in [0.05, 0.1) is 27.4 Å². The summed E-state index contributed by atoms with van der Waals surface area (Å²) in [5.41, 5.74) is 1.77. The molecule has 0 bridgehead atoms. The Morgan fingerprint density at radius 3 is 1.55 bits per heavy atom. The van der Waals surface area contributed by atoms with E-state index in [0.717, 1.165) is 11.1 Å². The zero-order valence-electron chi connectivity index (χ0n) is 13.1. The van der Waals surface area contributed by atoms with E-state index in [1.165, 1.54) is 14.2 Å². The van der Waals surface area contributed by atoms with Crippen LogP contribution in [0.2, 0.25) is 0 Å². The van der Waals surface area contributed by atoms with Crippen LogP contribution in [0.1, 0.15) is 35.3 Å². The molecular formula is C15H22O5. The van der Waals surface area contributed by atoms with E-state index < -0.39 is 5.97 Å². The van der Waals surface area contributed by atoms with Gasteiger partial charge in [0.15, 0.2) is 0 Å². The molecular weight excluding hydrogens is 260 g/mol. The van der Waals surface area contributed by atoms with Gasteiger partial charge in [0.1, 0.15) is 22.8 Å². The summed E-state index contributed by atoms with van der Waals surface area (Å²) in [4.78, 5) is 12.3. The molecule has 0 amide bonds. The highest BCUT2D eigenvalue weighted by Gasteiger charge is 2.28. The third kappa shape index (κ3) is 2.81. The van der Waals surface area contributed by atoms with Crippen molar-refractivity contribution in [2.24, 2.45) is 0 Å². The zero-order chi connectivity index (χ0) is 15.4. The van der Waals surface area contributed by atoms with Crippen molar-refractivity contribution in [1.82, 2.24) is 0 Å². The van der Waals surface area contributed by atoms with Crippen LogP contribution in [0.4, 0.5) is 0 Å². The first-order valence-electron chi connectivity index (χ1n) is 6.39. The fourth-order valence-corrected chi connectivity index (χ4v) is 2.24. The normalized spacial score (nSPS) is 10.4. The van der Waals surface area contributed by atoms with Crippen LogP contribution in [0, 0.1) is 13.8 Å². The molecule has 1 aromatic carbocycles. The molecule has 0 saturated carbocycles. The molecule has 0 fully saturated rings. The molecule has 0 saturated heterocycles. The van der Waals surface area contributed by atoms with E-state index in [4.69, 9.17) is 18.9 Å². The molecule has 0 unspecified atom stereocenters. The third-order valence-electron chi connectivity index (χ3n) is 2.98. The second-order valence-electron chi connectivity index (χ2n) is 4.68. The van der Waals surface area contributed by atoms with E-state index in [1.54, 1.807) is 21.0 Å². The first-order chi connectivity index (χ1) is 9.38. The summed E-state index contributed by atoms with van der Waals surface area (Å²) in [6.07, 6.45) is -0.223. The van der Waals surface area contributed by atoms with Crippen molar-refractivity contribution in [1.29, 1.82) is 0 Å². The lowest BCUT2D eigenvalue weighted by molar-refractivity contribution is 0.0370. The van der Waals surface area contributed by atoms with E-state index in [1.807, 2.05) is 13.8 Å². The largest absolute Gasteiger partial charge is 0.496 e. The van der Waals surface area contributed by atoms with Gasteiger partial charge in [-0.05, 0) is 27.7 Å². The Morgan fingerprint density at radius 2 is 1.25 bits per heavy atom. The first kappa shape index (κ1) is 16.1. The molecule has 0 aliphatic heterocycles. The molecule has 0 atom stereocenters. The third-order valence-corrected chi connectivity index (χ3v) is 2.98. The van der Waals surface area contributed by atoms with Gasteiger partial charge in [-0.1, -0.05) is 0 Å². The van der Waals surface area contributed by atoms with Crippen LogP contribution >= 0.6 is 0 Å². The van der Waals surface area contributed by atoms with Crippen molar-refractivity contribution in [2.75, 3.05) is 21.3 Å². The predicted molar refractivity (Wildman–Crippen MR) is 76.1 cm³/mol. The highest BCUT2D eigenvalue weighted by molar-refractivity contribution is 5.97. The van der Waals surface area contributed by atoms with Gasteiger partial charge in [-0.15, -0.1) is 0 Å². The molecule has 0 aliphatic carbocycles. The molecule has 112 valence electrons. The fraction of sp³-hybridized carbons (Fsp3) is 0.533. The Balaban J connectivity index is 3.59. The van der Waals surface area contributed by atoms with E-state index in [0.29, 0.717) is 22.8 Å². The fourth-order valence-electron chi connectivity index (χ4n) is 2.24. The average molecular weight is 282 g/mol. The van der Waals surface area contributed by atoms with E-state index in [-0.39, 0.29) is 6.10 Å². The van der Waals surface area contributed by atoms with Crippen molar-refractivity contribution < 1.29 is 23.7 Å². The maximum atomic E-state index is 12.3. The molecule has 5 nitrogen and oxygen atoms in total. The molecule has 0 radical (unpaired) electrons. The lowest BCUT2D eigenvalue weighted by atomic mass is 10.0. The number of methoxy groups -OCH3 is 3. The molecule has 0 spiro atoms. The maximum Gasteiger partial charge on any atom is 0.346 e. The second-order valence-corrected chi connectivity index (χ2v) is 4.68. The van der Waals surface area contributed by atoms with Crippen molar-refractivity contribution in [2.45, 2.75) is 33.8 Å². The van der Waals surface area contributed by atoms with Gasteiger partial charge in [0.25, 0.3) is 0 Å². The van der Waals surface area contributed by atoms with Crippen LogP contribution in [0.5, 0.6) is 17.2 Å². The molecule has 0 N–H and O–H groups in total. The number of hydrogen-bond acceptors (Lipinski definition) is 5. The van der Waals surface area contributed by atoms with Crippen LogP contribution in [-0.2, 0) is 4.74 Å². The van der Waals surface area contributed by atoms with Gasteiger partial charge in [-0.25, -0.2) is 4.79 Å². The van der Waals surface area contributed by atoms with Crippen LogP contribution in [0.25, 0.3) is 0 Å². The Bertz CT molecular complexity index is 474. The summed E-state index contributed by atoms with van der Waals surface area (Å²) in [6, 6.07) is 0. The smallest absolute Gasteiger partial charge is 0.346 e. The predicted octanol–water partition coefficient (Wildman–Crippen LogP) is 2.89. The second kappa shape index (κ2) is 6.50. The van der Waals surface area contributed by atoms with Crippen LogP contribution in [-0.4, -0.2) is 33.4 Å². The van der Waals surface area contributed by atoms with Gasteiger partial charge in [-0.2, -0.15) is 0 Å². The molecule has 5 heteroatoms. The summed E-state index contributed by atoms with van der Waals surface area (Å²) in [7, 11) is 4.58. The number of esters is 1. The SMILES string of the molecule is COc1c(C)c(OC)c(C(=O)OC(C)C)c(OC)c1C. The van der Waals surface area contributed by atoms with Crippen molar-refractivity contribution >= 4 is 5.97 Å². The summed E-state index contributed by atoms with van der Waals surface area (Å²) in [5.74, 6) is 0.993. The van der Waals surface area contributed by atoms with Crippen molar-refractivity contribution in [3.8, 4) is 17.2 Å². The van der Waals surface area contributed by atoms with Gasteiger partial charge < -0.3 is 18.9 Å². The topological polar surface area (TPSA) is 54.0 Å². The molecule has 1 rings (SSSR count). The maximum absolute atomic E-state index is 12.3. The summed E-state index contributed by atoms with van der Waals surface area (Å²) < 4.78 is 21.3. The van der Waals surface area contributed by atoms with Crippen LogP contribution in [0.3, 0.4) is 0 Å². The van der Waals surface area contributed by atoms with Crippen molar-refractivity contribution in [3.63, 3.8) is 0 Å². The van der Waals surface area contributed by atoms with Crippen LogP contribution < -0.4 is 14.2 Å². The Morgan fingerprint density at radius 1 is 0.850 bits per heavy atom. The highest BCUT2D eigenvalue weighted by Crippen LogP contribution is 2.43. The van der Waals surface area contributed by atoms with Gasteiger partial charge in [0, 0.05) is 11.1 Å². The molecule has 0 aliphatic rings. The quantitative estimate of drug-likeness (QED) is 0.777. The minimum Gasteiger partial charge on any atom is -0.496 e. The molecule has 20 heavy (non-hydrogen) atoms. The zero-order valence-corrected chi connectivity index (χ0v) is 13.1. The monoisotopic (exact) mass is 282 g/mol. The van der Waals surface area contributed by atoms with E-state index in [9.17, 15) is 4.79 Å². The standard InChI is InChI=1S/C15H22O5/c1-8(2)20-15(16)11-13(18-6)9(3)12(17-5)10(4)14(11)19-7/h8H,1-7H3. The lowest BCUT2D eigenvalue weighted by Gasteiger charge is -2.20. The number of ether oxygens (including phenoxy) is 4. The minimum atomic E-state index is -0.470. The first-order valence-corrected chi connectivity index (χ1v) is 6.39. The lowest BCUT2D eigenvalue weighted by Crippen LogP contribution is -2.15. The summed E-state index contributed by atoms with van der Waals surface area (Å²) in [6.45, 7) is 7.24. The van der Waals surface area contributed by atoms with Gasteiger partial charge in [0.2, 0.25) is 0 Å². The van der Waals surface area contributed by atoms with E-state index in [2.05, 4.69) is 0 Å². The number of carbonyl (C=O) groups excluding carboxylic acids is 1. The Hall–Kier alpha value is -1.91. The molecule has 1 aromatic rings. The van der Waals surface area contributed by atoms with Gasteiger partial charge in [-0.3, -0.25) is 0 Å². The minimum absolute atomic E-state index is 0.223. The number of benzene rings is 1. The number of carbonyl (C=O) groups is 1. The average Bonchev–Trinajstić information content (AvgIpc) is 2.37. The number of rotatable bonds is 5. The van der Waals surface area contributed by atoms with E-state index >= 15 is 0 Å². The van der Waals surface area contributed by atoms with Crippen molar-refractivity contribution in [3.05, 3.63) is 16.7 Å². The molecule has 0 heterocycles. The highest BCUT2D eigenvalue weighted by atomic mass is 16.5. The summed E-state index contributed by atoms with van der Waals surface area (Å²) >= 11 is 0. The van der Waals surface area contributed by atoms with Gasteiger partial charge >= 0.3 is 5.97 Å². The summed E-state index contributed by atoms with van der Waals surface area (Å²) in [5, 5.41) is 0. The Kier molecular flexibility index (Phi) is 5.25. The molecule has 0 aromatic heterocycles.